The Morgan fingerprint density at radius 2 is 2.00 bits per heavy atom. The molecule has 7 nitrogen and oxygen atoms in total. The highest BCUT2D eigenvalue weighted by atomic mass is 127. The largest absolute Gasteiger partial charge is 0.382 e. The fourth-order valence-corrected chi connectivity index (χ4v) is 5.98. The third-order valence-electron chi connectivity index (χ3n) is 6.38. The van der Waals surface area contributed by atoms with Crippen molar-refractivity contribution in [2.75, 3.05) is 23.7 Å². The van der Waals surface area contributed by atoms with Crippen LogP contribution in [0.1, 0.15) is 56.5 Å². The fourth-order valence-electron chi connectivity index (χ4n) is 4.62. The molecule has 1 fully saturated rings. The number of aromatic nitrogens is 2. The van der Waals surface area contributed by atoms with Crippen molar-refractivity contribution in [2.45, 2.75) is 50.8 Å². The molecule has 0 unspecified atom stereocenters. The summed E-state index contributed by atoms with van der Waals surface area (Å²) in [4.78, 5) is 11.1. The van der Waals surface area contributed by atoms with Gasteiger partial charge in [0.25, 0.3) is 0 Å². The lowest BCUT2D eigenvalue weighted by molar-refractivity contribution is 0.177. The van der Waals surface area contributed by atoms with Gasteiger partial charge in [-0.15, -0.1) is 0 Å². The van der Waals surface area contributed by atoms with E-state index < -0.39 is 11.0 Å². The van der Waals surface area contributed by atoms with Crippen molar-refractivity contribution in [1.29, 1.82) is 5.41 Å². The van der Waals surface area contributed by atoms with Gasteiger partial charge in [-0.1, -0.05) is 24.3 Å². The smallest absolute Gasteiger partial charge is 0.154 e. The Hall–Kier alpha value is -1.59. The number of halogens is 1. The lowest BCUT2D eigenvalue weighted by atomic mass is 9.73. The molecule has 166 valence electrons. The first-order valence-corrected chi connectivity index (χ1v) is 12.7. The lowest BCUT2D eigenvalue weighted by Gasteiger charge is -2.44. The lowest BCUT2D eigenvalue weighted by Crippen LogP contribution is -2.48. The van der Waals surface area contributed by atoms with Crippen LogP contribution in [-0.4, -0.2) is 35.7 Å². The highest BCUT2D eigenvalue weighted by molar-refractivity contribution is 14.1. The van der Waals surface area contributed by atoms with Crippen molar-refractivity contribution < 1.29 is 4.21 Å². The van der Waals surface area contributed by atoms with Crippen molar-refractivity contribution in [2.24, 2.45) is 5.41 Å². The fraction of sp³-hybridized carbons (Fsp3) is 0.500. The minimum atomic E-state index is -1.14. The summed E-state index contributed by atoms with van der Waals surface area (Å²) in [6.07, 6.45) is 4.64. The predicted molar refractivity (Wildman–Crippen MR) is 135 cm³/mol. The zero-order chi connectivity index (χ0) is 22.4. The van der Waals surface area contributed by atoms with Crippen LogP contribution in [0.15, 0.2) is 30.5 Å². The van der Waals surface area contributed by atoms with E-state index >= 15 is 0 Å². The van der Waals surface area contributed by atoms with Gasteiger partial charge in [-0.05, 0) is 79.2 Å². The summed E-state index contributed by atoms with van der Waals surface area (Å²) in [6, 6.07) is 8.62. The maximum atomic E-state index is 13.0. The monoisotopic (exact) mass is 552 g/mol. The van der Waals surface area contributed by atoms with Crippen molar-refractivity contribution >= 4 is 48.9 Å². The number of rotatable bonds is 4. The van der Waals surface area contributed by atoms with Crippen molar-refractivity contribution in [3.05, 3.63) is 47.3 Å². The minimum absolute atomic E-state index is 0.0321. The third kappa shape index (κ3) is 4.36. The van der Waals surface area contributed by atoms with Gasteiger partial charge in [0.15, 0.2) is 5.82 Å². The van der Waals surface area contributed by atoms with Crippen LogP contribution in [0, 0.1) is 10.8 Å². The summed E-state index contributed by atoms with van der Waals surface area (Å²) in [5.74, 6) is 1.05. The van der Waals surface area contributed by atoms with E-state index in [2.05, 4.69) is 43.9 Å². The number of piperidine rings is 1. The van der Waals surface area contributed by atoms with Crippen LogP contribution < -0.4 is 15.4 Å². The van der Waals surface area contributed by atoms with Gasteiger partial charge in [-0.2, -0.15) is 0 Å². The molecule has 1 saturated heterocycles. The first-order valence-electron chi connectivity index (χ1n) is 10.5. The Bertz CT molecular complexity index is 1030. The third-order valence-corrected chi connectivity index (χ3v) is 8.45. The quantitative estimate of drug-likeness (QED) is 0.396. The molecule has 0 saturated carbocycles. The molecule has 2 atom stereocenters. The number of benzene rings is 1. The van der Waals surface area contributed by atoms with Crippen LogP contribution in [0.25, 0.3) is 0 Å². The topological polar surface area (TPSA) is 108 Å². The molecule has 0 amide bonds. The van der Waals surface area contributed by atoms with E-state index in [1.807, 2.05) is 43.4 Å². The molecule has 4 N–H and O–H groups in total. The maximum Gasteiger partial charge on any atom is 0.154 e. The highest BCUT2D eigenvalue weighted by Gasteiger charge is 2.48. The van der Waals surface area contributed by atoms with E-state index in [0.29, 0.717) is 11.5 Å². The SMILES string of the molecule is CC(C)(C)[S@@](=O)N[C@@H]1c2ccccc2CC12CCN(c1cnc(C(=N)I)c(N)n1)CC2. The molecular formula is C22H29IN6OS. The molecule has 1 aliphatic carbocycles. The van der Waals surface area contributed by atoms with Crippen LogP contribution in [0.4, 0.5) is 11.6 Å². The summed E-state index contributed by atoms with van der Waals surface area (Å²) in [5, 5.41) is 7.74. The molecule has 2 heterocycles. The Morgan fingerprint density at radius 3 is 2.61 bits per heavy atom. The zero-order valence-corrected chi connectivity index (χ0v) is 21.1. The van der Waals surface area contributed by atoms with Crippen molar-refractivity contribution in [3.8, 4) is 0 Å². The number of fused-ring (bicyclic) bond motifs is 1. The summed E-state index contributed by atoms with van der Waals surface area (Å²) < 4.78 is 16.5. The molecule has 9 heteroatoms. The molecule has 1 aromatic heterocycles. The second-order valence-electron chi connectivity index (χ2n) is 9.43. The van der Waals surface area contributed by atoms with Gasteiger partial charge in [-0.25, -0.2) is 18.9 Å². The normalized spacial score (nSPS) is 21.2. The second-order valence-corrected chi connectivity index (χ2v) is 12.5. The van der Waals surface area contributed by atoms with Crippen molar-refractivity contribution in [1.82, 2.24) is 14.7 Å². The van der Waals surface area contributed by atoms with Gasteiger partial charge in [-0.3, -0.25) is 5.41 Å². The summed E-state index contributed by atoms with van der Waals surface area (Å²) >= 11 is 1.89. The van der Waals surface area contributed by atoms with Crippen LogP contribution >= 0.6 is 22.6 Å². The van der Waals surface area contributed by atoms with Crippen molar-refractivity contribution in [3.63, 3.8) is 0 Å². The summed E-state index contributed by atoms with van der Waals surface area (Å²) in [7, 11) is -1.14. The Morgan fingerprint density at radius 1 is 1.32 bits per heavy atom. The maximum absolute atomic E-state index is 13.0. The van der Waals surface area contributed by atoms with E-state index in [1.54, 1.807) is 6.20 Å². The Labute approximate surface area is 199 Å². The number of anilines is 2. The molecule has 2 aromatic rings. The van der Waals surface area contributed by atoms with E-state index in [1.165, 1.54) is 11.1 Å². The summed E-state index contributed by atoms with van der Waals surface area (Å²) in [5.41, 5.74) is 9.13. The van der Waals surface area contributed by atoms with Crippen LogP contribution in [0.5, 0.6) is 0 Å². The molecule has 0 bridgehead atoms. The van der Waals surface area contributed by atoms with E-state index in [-0.39, 0.29) is 19.9 Å². The van der Waals surface area contributed by atoms with Crippen LogP contribution in [-0.2, 0) is 17.4 Å². The first kappa shape index (κ1) is 22.6. The average molecular weight is 552 g/mol. The first-order chi connectivity index (χ1) is 14.6. The number of nitrogens with zero attached hydrogens (tertiary/aromatic N) is 3. The van der Waals surface area contributed by atoms with Gasteiger partial charge < -0.3 is 10.6 Å². The van der Waals surface area contributed by atoms with E-state index in [9.17, 15) is 4.21 Å². The van der Waals surface area contributed by atoms with E-state index in [0.717, 1.165) is 38.2 Å². The van der Waals surface area contributed by atoms with Gasteiger partial charge in [0.2, 0.25) is 0 Å². The number of nitrogen functional groups attached to an aromatic ring is 1. The molecule has 2 aliphatic rings. The molecule has 1 aliphatic heterocycles. The zero-order valence-electron chi connectivity index (χ0n) is 18.1. The van der Waals surface area contributed by atoms with Gasteiger partial charge in [0.05, 0.1) is 28.0 Å². The molecule has 1 aromatic carbocycles. The number of nitrogens with one attached hydrogen (secondary N) is 2. The van der Waals surface area contributed by atoms with Crippen LogP contribution in [0.3, 0.4) is 0 Å². The highest BCUT2D eigenvalue weighted by Crippen LogP contribution is 2.52. The Balaban J connectivity index is 1.56. The minimum Gasteiger partial charge on any atom is -0.382 e. The molecule has 1 spiro atoms. The molecule has 0 radical (unpaired) electrons. The molecule has 4 rings (SSSR count). The predicted octanol–water partition coefficient (Wildman–Crippen LogP) is 3.75. The van der Waals surface area contributed by atoms with Gasteiger partial charge >= 0.3 is 0 Å². The number of hydrogen-bond donors (Lipinski definition) is 3. The molecular weight excluding hydrogens is 523 g/mol. The second kappa shape index (κ2) is 8.40. The van der Waals surface area contributed by atoms with Crippen LogP contribution in [0.2, 0.25) is 0 Å². The number of nitrogens with two attached hydrogens (primary N) is 1. The average Bonchev–Trinajstić information content (AvgIpc) is 3.00. The summed E-state index contributed by atoms with van der Waals surface area (Å²) in [6.45, 7) is 7.70. The Kier molecular flexibility index (Phi) is 6.12. The molecule has 31 heavy (non-hydrogen) atoms. The number of hydrogen-bond acceptors (Lipinski definition) is 6. The van der Waals surface area contributed by atoms with E-state index in [4.69, 9.17) is 11.1 Å². The van der Waals surface area contributed by atoms with Gasteiger partial charge in [0.1, 0.15) is 15.2 Å². The van der Waals surface area contributed by atoms with Gasteiger partial charge in [0, 0.05) is 13.1 Å². The standard InChI is InChI=1S/C22H29IN6OS/c1-21(2,3)31(30)28-18-15-7-5-4-6-14(15)12-22(18)8-10-29(11-9-22)16-13-26-17(19(23)24)20(25)27-16/h4-7,13,18,24,28H,8-12H2,1-3H3,(H2,25,27)/t18-,31-/m1/s1.